The first-order valence-electron chi connectivity index (χ1n) is 5.74. The number of nitrogens with one attached hydrogen (secondary N) is 2. The lowest BCUT2D eigenvalue weighted by atomic mass is 10.2. The molecule has 0 aliphatic rings. The van der Waals surface area contributed by atoms with Gasteiger partial charge in [0.1, 0.15) is 6.04 Å². The Hall–Kier alpha value is -1.88. The molecule has 2 atom stereocenters. The number of anilines is 1. The maximum atomic E-state index is 11.8. The van der Waals surface area contributed by atoms with Crippen LogP contribution in [0.5, 0.6) is 0 Å². The van der Waals surface area contributed by atoms with Gasteiger partial charge in [-0.05, 0) is 26.0 Å². The molecule has 2 N–H and O–H groups in total. The molecule has 0 aromatic heterocycles. The number of esters is 1. The number of hydrogen-bond donors (Lipinski definition) is 2. The fourth-order valence-electron chi connectivity index (χ4n) is 1.47. The molecule has 0 radical (unpaired) electrons. The molecule has 0 heterocycles. The van der Waals surface area contributed by atoms with Crippen LogP contribution in [-0.2, 0) is 14.3 Å². The van der Waals surface area contributed by atoms with E-state index in [0.29, 0.717) is 0 Å². The second kappa shape index (κ2) is 6.76. The van der Waals surface area contributed by atoms with Gasteiger partial charge < -0.3 is 10.1 Å². The number of para-hydroxylation sites is 1. The summed E-state index contributed by atoms with van der Waals surface area (Å²) in [4.78, 5) is 23.0. The molecular weight excluding hydrogens is 232 g/mol. The Morgan fingerprint density at radius 2 is 1.72 bits per heavy atom. The zero-order valence-corrected chi connectivity index (χ0v) is 10.8. The quantitative estimate of drug-likeness (QED) is 0.770. The predicted octanol–water partition coefficient (Wildman–Crippen LogP) is 1.16. The Morgan fingerprint density at radius 3 is 2.28 bits per heavy atom. The number of rotatable bonds is 5. The number of benzene rings is 1. The predicted molar refractivity (Wildman–Crippen MR) is 69.1 cm³/mol. The van der Waals surface area contributed by atoms with Gasteiger partial charge in [-0.2, -0.15) is 0 Å². The topological polar surface area (TPSA) is 67.4 Å². The summed E-state index contributed by atoms with van der Waals surface area (Å²) in [5.41, 5.74) is 0.724. The van der Waals surface area contributed by atoms with Gasteiger partial charge >= 0.3 is 5.97 Å². The molecule has 1 aromatic carbocycles. The Labute approximate surface area is 107 Å². The fourth-order valence-corrected chi connectivity index (χ4v) is 1.47. The maximum Gasteiger partial charge on any atom is 0.322 e. The number of carbonyl (C=O) groups excluding carboxylic acids is 2. The standard InChI is InChI=1S/C13H18N2O3/c1-9(14-10(2)13(17)18-3)12(16)15-11-7-5-4-6-8-11/h4-10,14H,1-3H3,(H,15,16). The molecule has 0 bridgehead atoms. The minimum atomic E-state index is -0.522. The third-order valence-electron chi connectivity index (χ3n) is 2.49. The highest BCUT2D eigenvalue weighted by Gasteiger charge is 2.20. The van der Waals surface area contributed by atoms with Crippen molar-refractivity contribution in [3.63, 3.8) is 0 Å². The molecule has 0 aliphatic carbocycles. The summed E-state index contributed by atoms with van der Waals surface area (Å²) in [6, 6.07) is 8.14. The molecule has 0 spiro atoms. The van der Waals surface area contributed by atoms with Crippen molar-refractivity contribution in [2.45, 2.75) is 25.9 Å². The van der Waals surface area contributed by atoms with Crippen molar-refractivity contribution in [1.29, 1.82) is 0 Å². The van der Waals surface area contributed by atoms with Gasteiger partial charge in [-0.3, -0.25) is 14.9 Å². The molecule has 1 aromatic rings. The minimum Gasteiger partial charge on any atom is -0.468 e. The molecule has 0 fully saturated rings. The first-order valence-corrected chi connectivity index (χ1v) is 5.74. The number of ether oxygens (including phenoxy) is 1. The molecule has 98 valence electrons. The summed E-state index contributed by atoms with van der Waals surface area (Å²) in [7, 11) is 1.31. The average molecular weight is 250 g/mol. The van der Waals surface area contributed by atoms with Gasteiger partial charge in [-0.1, -0.05) is 18.2 Å². The van der Waals surface area contributed by atoms with E-state index in [-0.39, 0.29) is 5.91 Å². The van der Waals surface area contributed by atoms with Crippen LogP contribution in [0.3, 0.4) is 0 Å². The Bertz CT molecular complexity index is 406. The third-order valence-corrected chi connectivity index (χ3v) is 2.49. The molecule has 1 rings (SSSR count). The number of carbonyl (C=O) groups is 2. The van der Waals surface area contributed by atoms with Crippen LogP contribution in [0, 0.1) is 0 Å². The van der Waals surface area contributed by atoms with Gasteiger partial charge in [0, 0.05) is 5.69 Å². The van der Waals surface area contributed by atoms with Crippen LogP contribution in [0.25, 0.3) is 0 Å². The number of methoxy groups -OCH3 is 1. The lowest BCUT2D eigenvalue weighted by molar-refractivity contribution is -0.142. The molecule has 2 unspecified atom stereocenters. The smallest absolute Gasteiger partial charge is 0.322 e. The molecule has 5 nitrogen and oxygen atoms in total. The average Bonchev–Trinajstić information content (AvgIpc) is 2.38. The second-order valence-electron chi connectivity index (χ2n) is 3.99. The van der Waals surface area contributed by atoms with Gasteiger partial charge in [0.25, 0.3) is 0 Å². The summed E-state index contributed by atoms with van der Waals surface area (Å²) < 4.78 is 4.58. The molecule has 5 heteroatoms. The van der Waals surface area contributed by atoms with E-state index >= 15 is 0 Å². The Balaban J connectivity index is 2.49. The first kappa shape index (κ1) is 14.2. The SMILES string of the molecule is COC(=O)C(C)NC(C)C(=O)Nc1ccccc1. The van der Waals surface area contributed by atoms with Gasteiger partial charge in [0.05, 0.1) is 13.2 Å². The van der Waals surface area contributed by atoms with E-state index in [1.165, 1.54) is 7.11 Å². The van der Waals surface area contributed by atoms with E-state index in [4.69, 9.17) is 0 Å². The van der Waals surface area contributed by atoms with E-state index < -0.39 is 18.1 Å². The summed E-state index contributed by atoms with van der Waals surface area (Å²) in [5.74, 6) is -0.591. The monoisotopic (exact) mass is 250 g/mol. The Kier molecular flexibility index (Phi) is 5.32. The van der Waals surface area contributed by atoms with Crippen molar-refractivity contribution < 1.29 is 14.3 Å². The van der Waals surface area contributed by atoms with E-state index in [1.54, 1.807) is 26.0 Å². The van der Waals surface area contributed by atoms with Gasteiger partial charge in [0.15, 0.2) is 0 Å². The highest BCUT2D eigenvalue weighted by molar-refractivity contribution is 5.94. The summed E-state index contributed by atoms with van der Waals surface area (Å²) in [6.45, 7) is 3.34. The van der Waals surface area contributed by atoms with Crippen LogP contribution in [0.4, 0.5) is 5.69 Å². The molecule has 0 saturated heterocycles. The summed E-state index contributed by atoms with van der Waals surface area (Å²) in [6.07, 6.45) is 0. The fraction of sp³-hybridized carbons (Fsp3) is 0.385. The number of amides is 1. The highest BCUT2D eigenvalue weighted by Crippen LogP contribution is 2.05. The molecular formula is C13H18N2O3. The largest absolute Gasteiger partial charge is 0.468 e. The van der Waals surface area contributed by atoms with Crippen molar-refractivity contribution in [3.8, 4) is 0 Å². The Morgan fingerprint density at radius 1 is 1.11 bits per heavy atom. The van der Waals surface area contributed by atoms with Crippen LogP contribution in [0.1, 0.15) is 13.8 Å². The van der Waals surface area contributed by atoms with Crippen molar-refractivity contribution in [2.75, 3.05) is 12.4 Å². The minimum absolute atomic E-state index is 0.197. The lowest BCUT2D eigenvalue weighted by Crippen LogP contribution is -2.46. The zero-order valence-electron chi connectivity index (χ0n) is 10.8. The molecule has 0 saturated carbocycles. The van der Waals surface area contributed by atoms with Gasteiger partial charge in [-0.25, -0.2) is 0 Å². The lowest BCUT2D eigenvalue weighted by Gasteiger charge is -2.17. The second-order valence-corrected chi connectivity index (χ2v) is 3.99. The van der Waals surface area contributed by atoms with Crippen LogP contribution in [0.15, 0.2) is 30.3 Å². The number of hydrogen-bond acceptors (Lipinski definition) is 4. The van der Waals surface area contributed by atoms with Crippen molar-refractivity contribution in [3.05, 3.63) is 30.3 Å². The van der Waals surface area contributed by atoms with E-state index in [0.717, 1.165) is 5.69 Å². The maximum absolute atomic E-state index is 11.8. The molecule has 0 aliphatic heterocycles. The van der Waals surface area contributed by atoms with Crippen molar-refractivity contribution in [2.24, 2.45) is 0 Å². The third kappa shape index (κ3) is 4.18. The van der Waals surface area contributed by atoms with Gasteiger partial charge in [-0.15, -0.1) is 0 Å². The van der Waals surface area contributed by atoms with E-state index in [2.05, 4.69) is 15.4 Å². The highest BCUT2D eigenvalue weighted by atomic mass is 16.5. The van der Waals surface area contributed by atoms with Crippen LogP contribution < -0.4 is 10.6 Å². The van der Waals surface area contributed by atoms with Crippen LogP contribution >= 0.6 is 0 Å². The van der Waals surface area contributed by atoms with Crippen molar-refractivity contribution >= 4 is 17.6 Å². The normalized spacial score (nSPS) is 13.5. The van der Waals surface area contributed by atoms with Crippen molar-refractivity contribution in [1.82, 2.24) is 5.32 Å². The summed E-state index contributed by atoms with van der Waals surface area (Å²) >= 11 is 0. The van der Waals surface area contributed by atoms with E-state index in [1.807, 2.05) is 18.2 Å². The zero-order chi connectivity index (χ0) is 13.5. The summed E-state index contributed by atoms with van der Waals surface area (Å²) in [5, 5.41) is 5.61. The van der Waals surface area contributed by atoms with Crippen LogP contribution in [0.2, 0.25) is 0 Å². The van der Waals surface area contributed by atoms with Crippen LogP contribution in [-0.4, -0.2) is 31.1 Å². The first-order chi connectivity index (χ1) is 8.54. The molecule has 1 amide bonds. The molecule has 18 heavy (non-hydrogen) atoms. The van der Waals surface area contributed by atoms with E-state index in [9.17, 15) is 9.59 Å². The van der Waals surface area contributed by atoms with Gasteiger partial charge in [0.2, 0.25) is 5.91 Å².